The lowest BCUT2D eigenvalue weighted by Gasteiger charge is -2.31. The smallest absolute Gasteiger partial charge is 0.344 e. The molecule has 0 aromatic heterocycles. The van der Waals surface area contributed by atoms with E-state index in [9.17, 15) is 14.9 Å². The first-order valence-corrected chi connectivity index (χ1v) is 9.23. The third-order valence-corrected chi connectivity index (χ3v) is 5.09. The van der Waals surface area contributed by atoms with Gasteiger partial charge in [0.2, 0.25) is 0 Å². The Kier molecular flexibility index (Phi) is 5.77. The van der Waals surface area contributed by atoms with Gasteiger partial charge in [-0.25, -0.2) is 4.79 Å². The van der Waals surface area contributed by atoms with Gasteiger partial charge in [-0.05, 0) is 55.4 Å². The van der Waals surface area contributed by atoms with Crippen LogP contribution in [0.4, 0.5) is 0 Å². The third-order valence-electron chi connectivity index (χ3n) is 5.09. The fourth-order valence-corrected chi connectivity index (χ4v) is 3.69. The van der Waals surface area contributed by atoms with Gasteiger partial charge < -0.3 is 14.8 Å². The van der Waals surface area contributed by atoms with E-state index in [1.165, 1.54) is 11.1 Å². The maximum absolute atomic E-state index is 12.0. The number of esters is 1. The average Bonchev–Trinajstić information content (AvgIpc) is 3.13. The number of amides is 1. The Bertz CT molecular complexity index is 717. The Morgan fingerprint density at radius 3 is 2.62 bits per heavy atom. The van der Waals surface area contributed by atoms with Gasteiger partial charge in [0.1, 0.15) is 11.3 Å². The number of nitrogens with zero attached hydrogens (tertiary/aromatic N) is 1. The van der Waals surface area contributed by atoms with Crippen LogP contribution in [0.2, 0.25) is 0 Å². The second kappa shape index (κ2) is 8.22. The minimum Gasteiger partial charge on any atom is -0.482 e. The number of nitrogens with one attached hydrogen (secondary N) is 1. The van der Waals surface area contributed by atoms with Crippen LogP contribution in [0, 0.1) is 11.3 Å². The van der Waals surface area contributed by atoms with Crippen molar-refractivity contribution in [3.8, 4) is 11.8 Å². The second-order valence-electron chi connectivity index (χ2n) is 7.04. The molecule has 0 radical (unpaired) electrons. The van der Waals surface area contributed by atoms with Crippen molar-refractivity contribution in [3.63, 3.8) is 0 Å². The first kappa shape index (κ1) is 18.2. The SMILES string of the molecule is N#CC1(NC(=O)COC(=O)COc2ccc3c(c2)CCC3)CCCCC1. The number of carbonyl (C=O) groups excluding carboxylic acids is 2. The van der Waals surface area contributed by atoms with Gasteiger partial charge in [-0.1, -0.05) is 25.3 Å². The highest BCUT2D eigenvalue weighted by molar-refractivity contribution is 5.81. The molecule has 1 aromatic rings. The van der Waals surface area contributed by atoms with Gasteiger partial charge in [0.25, 0.3) is 5.91 Å². The molecule has 1 aromatic carbocycles. The van der Waals surface area contributed by atoms with Crippen molar-refractivity contribution in [1.29, 1.82) is 5.26 Å². The molecule has 0 heterocycles. The van der Waals surface area contributed by atoms with Crippen LogP contribution in [0.1, 0.15) is 49.7 Å². The highest BCUT2D eigenvalue weighted by Gasteiger charge is 2.33. The minimum atomic E-state index is -0.817. The summed E-state index contributed by atoms with van der Waals surface area (Å²) < 4.78 is 10.4. The van der Waals surface area contributed by atoms with Crippen LogP contribution in [0.3, 0.4) is 0 Å². The molecule has 2 aliphatic carbocycles. The van der Waals surface area contributed by atoms with Crippen molar-refractivity contribution in [3.05, 3.63) is 29.3 Å². The Morgan fingerprint density at radius 1 is 1.08 bits per heavy atom. The lowest BCUT2D eigenvalue weighted by atomic mass is 9.83. The summed E-state index contributed by atoms with van der Waals surface area (Å²) in [4.78, 5) is 23.8. The van der Waals surface area contributed by atoms with Crippen molar-refractivity contribution in [2.45, 2.75) is 56.9 Å². The van der Waals surface area contributed by atoms with E-state index in [1.54, 1.807) is 0 Å². The Balaban J connectivity index is 1.41. The van der Waals surface area contributed by atoms with Crippen LogP contribution >= 0.6 is 0 Å². The lowest BCUT2D eigenvalue weighted by Crippen LogP contribution is -2.50. The van der Waals surface area contributed by atoms with Gasteiger partial charge in [0.15, 0.2) is 13.2 Å². The van der Waals surface area contributed by atoms with Crippen molar-refractivity contribution < 1.29 is 19.1 Å². The number of rotatable bonds is 6. The fourth-order valence-electron chi connectivity index (χ4n) is 3.69. The van der Waals surface area contributed by atoms with Crippen LogP contribution in [-0.2, 0) is 27.2 Å². The van der Waals surface area contributed by atoms with Crippen LogP contribution < -0.4 is 10.1 Å². The molecule has 138 valence electrons. The van der Waals surface area contributed by atoms with Gasteiger partial charge in [0, 0.05) is 0 Å². The van der Waals surface area contributed by atoms with E-state index >= 15 is 0 Å². The van der Waals surface area contributed by atoms with Crippen LogP contribution in [-0.4, -0.2) is 30.6 Å². The molecule has 1 amide bonds. The Morgan fingerprint density at radius 2 is 1.85 bits per heavy atom. The molecule has 6 heteroatoms. The normalized spacial score (nSPS) is 17.7. The van der Waals surface area contributed by atoms with Gasteiger partial charge in [0.05, 0.1) is 6.07 Å². The number of benzene rings is 1. The molecule has 3 rings (SSSR count). The number of ether oxygens (including phenoxy) is 2. The summed E-state index contributed by atoms with van der Waals surface area (Å²) in [5, 5.41) is 12.1. The van der Waals surface area contributed by atoms with Gasteiger partial charge in [-0.15, -0.1) is 0 Å². The van der Waals surface area contributed by atoms with Gasteiger partial charge in [-0.2, -0.15) is 5.26 Å². The molecule has 0 atom stereocenters. The fraction of sp³-hybridized carbons (Fsp3) is 0.550. The molecule has 0 aliphatic heterocycles. The number of aryl methyl sites for hydroxylation is 2. The van der Waals surface area contributed by atoms with E-state index in [0.717, 1.165) is 38.5 Å². The Labute approximate surface area is 153 Å². The summed E-state index contributed by atoms with van der Waals surface area (Å²) in [5.74, 6) is -0.410. The minimum absolute atomic E-state index is 0.241. The number of hydrogen-bond donors (Lipinski definition) is 1. The second-order valence-corrected chi connectivity index (χ2v) is 7.04. The standard InChI is InChI=1S/C20H24N2O4/c21-14-20(9-2-1-3-10-20)22-18(23)12-26-19(24)13-25-17-8-7-15-5-4-6-16(15)11-17/h7-8,11H,1-6,9-10,12-13H2,(H,22,23). The zero-order chi connectivity index (χ0) is 18.4. The van der Waals surface area contributed by atoms with Gasteiger partial charge in [-0.3, -0.25) is 4.79 Å². The molecule has 0 saturated heterocycles. The quantitative estimate of drug-likeness (QED) is 0.791. The lowest BCUT2D eigenvalue weighted by molar-refractivity contribution is -0.150. The zero-order valence-corrected chi connectivity index (χ0v) is 14.9. The molecule has 1 N–H and O–H groups in total. The third kappa shape index (κ3) is 4.54. The summed E-state index contributed by atoms with van der Waals surface area (Å²) >= 11 is 0. The average molecular weight is 356 g/mol. The van der Waals surface area contributed by atoms with E-state index in [1.807, 2.05) is 18.2 Å². The first-order valence-electron chi connectivity index (χ1n) is 9.23. The van der Waals surface area contributed by atoms with Crippen molar-refractivity contribution in [2.24, 2.45) is 0 Å². The number of carbonyl (C=O) groups is 2. The number of hydrogen-bond acceptors (Lipinski definition) is 5. The highest BCUT2D eigenvalue weighted by atomic mass is 16.6. The van der Waals surface area contributed by atoms with Crippen LogP contribution in [0.5, 0.6) is 5.75 Å². The predicted molar refractivity (Wildman–Crippen MR) is 94.5 cm³/mol. The van der Waals surface area contributed by atoms with Crippen LogP contribution in [0.25, 0.3) is 0 Å². The van der Waals surface area contributed by atoms with Crippen molar-refractivity contribution in [2.75, 3.05) is 13.2 Å². The summed E-state index contributed by atoms with van der Waals surface area (Å²) in [5.41, 5.74) is 1.79. The maximum Gasteiger partial charge on any atom is 0.344 e. The zero-order valence-electron chi connectivity index (χ0n) is 14.9. The largest absolute Gasteiger partial charge is 0.482 e. The topological polar surface area (TPSA) is 88.4 Å². The van der Waals surface area contributed by atoms with Crippen molar-refractivity contribution >= 4 is 11.9 Å². The molecule has 0 spiro atoms. The molecular formula is C20H24N2O4. The number of nitriles is 1. The highest BCUT2D eigenvalue weighted by Crippen LogP contribution is 2.27. The molecule has 1 saturated carbocycles. The van der Waals surface area contributed by atoms with E-state index in [0.29, 0.717) is 18.6 Å². The van der Waals surface area contributed by atoms with Crippen LogP contribution in [0.15, 0.2) is 18.2 Å². The molecule has 2 aliphatic rings. The molecule has 0 bridgehead atoms. The molecule has 26 heavy (non-hydrogen) atoms. The number of fused-ring (bicyclic) bond motifs is 1. The van der Waals surface area contributed by atoms with E-state index in [-0.39, 0.29) is 6.61 Å². The van der Waals surface area contributed by atoms with Crippen molar-refractivity contribution in [1.82, 2.24) is 5.32 Å². The Hall–Kier alpha value is -2.55. The molecule has 1 fully saturated rings. The summed E-state index contributed by atoms with van der Waals surface area (Å²) in [6.07, 6.45) is 7.49. The van der Waals surface area contributed by atoms with E-state index in [4.69, 9.17) is 9.47 Å². The maximum atomic E-state index is 12.0. The summed E-state index contributed by atoms with van der Waals surface area (Å²) in [7, 11) is 0. The molecular weight excluding hydrogens is 332 g/mol. The van der Waals surface area contributed by atoms with E-state index in [2.05, 4.69) is 11.4 Å². The summed E-state index contributed by atoms with van der Waals surface area (Å²) in [6.45, 7) is -0.634. The summed E-state index contributed by atoms with van der Waals surface area (Å²) in [6, 6.07) is 8.05. The predicted octanol–water partition coefficient (Wildman–Crippen LogP) is 2.44. The first-order chi connectivity index (χ1) is 12.6. The van der Waals surface area contributed by atoms with E-state index < -0.39 is 24.0 Å². The molecule has 6 nitrogen and oxygen atoms in total. The monoisotopic (exact) mass is 356 g/mol. The molecule has 0 unspecified atom stereocenters. The van der Waals surface area contributed by atoms with Gasteiger partial charge >= 0.3 is 5.97 Å².